The average Bonchev–Trinajstić information content (AvgIpc) is 2.69. The summed E-state index contributed by atoms with van der Waals surface area (Å²) in [5, 5.41) is 6.77. The molecule has 3 heteroatoms. The zero-order valence-corrected chi connectivity index (χ0v) is 9.78. The lowest BCUT2D eigenvalue weighted by molar-refractivity contribution is 0.706. The smallest absolute Gasteiger partial charge is 0.0519 e. The van der Waals surface area contributed by atoms with Crippen molar-refractivity contribution in [2.45, 2.75) is 39.0 Å². The monoisotopic (exact) mass is 212 g/mol. The van der Waals surface area contributed by atoms with Gasteiger partial charge in [-0.25, -0.2) is 0 Å². The minimum absolute atomic E-state index is 1.15. The van der Waals surface area contributed by atoms with Gasteiger partial charge in [0.15, 0.2) is 0 Å². The lowest BCUT2D eigenvalue weighted by Gasteiger charge is -1.99. The average molecular weight is 212 g/mol. The van der Waals surface area contributed by atoms with Crippen LogP contribution in [0, 0.1) is 0 Å². The standard InChI is InChI=1S/C11H20N2S/c1-2-3-4-5-7-14-8-6-11-9-12-13-10-11/h9-10H,2-8H2,1H3,(H,12,13). The highest BCUT2D eigenvalue weighted by Gasteiger charge is 1.94. The van der Waals surface area contributed by atoms with Crippen LogP contribution in [-0.4, -0.2) is 21.7 Å². The van der Waals surface area contributed by atoms with E-state index in [1.165, 1.54) is 42.8 Å². The van der Waals surface area contributed by atoms with Crippen LogP contribution in [0.25, 0.3) is 0 Å². The lowest BCUT2D eigenvalue weighted by Crippen LogP contribution is -1.88. The van der Waals surface area contributed by atoms with Gasteiger partial charge in [0.1, 0.15) is 0 Å². The Morgan fingerprint density at radius 2 is 2.21 bits per heavy atom. The number of hydrogen-bond acceptors (Lipinski definition) is 2. The largest absolute Gasteiger partial charge is 0.285 e. The molecule has 0 bridgehead atoms. The van der Waals surface area contributed by atoms with Crippen molar-refractivity contribution in [3.8, 4) is 0 Å². The van der Waals surface area contributed by atoms with Gasteiger partial charge in [0, 0.05) is 6.20 Å². The van der Waals surface area contributed by atoms with E-state index >= 15 is 0 Å². The second kappa shape index (κ2) is 7.92. The van der Waals surface area contributed by atoms with Gasteiger partial charge in [-0.3, -0.25) is 5.10 Å². The fourth-order valence-electron chi connectivity index (χ4n) is 1.34. The van der Waals surface area contributed by atoms with Crippen molar-refractivity contribution in [3.63, 3.8) is 0 Å². The maximum atomic E-state index is 3.93. The molecule has 0 amide bonds. The van der Waals surface area contributed by atoms with Crippen LogP contribution in [0.4, 0.5) is 0 Å². The Morgan fingerprint density at radius 1 is 1.29 bits per heavy atom. The van der Waals surface area contributed by atoms with Crippen molar-refractivity contribution in [2.75, 3.05) is 11.5 Å². The Balaban J connectivity index is 1.85. The molecule has 0 saturated carbocycles. The molecule has 1 heterocycles. The lowest BCUT2D eigenvalue weighted by atomic mass is 10.2. The zero-order chi connectivity index (χ0) is 10.1. The molecule has 2 nitrogen and oxygen atoms in total. The van der Waals surface area contributed by atoms with E-state index in [1.54, 1.807) is 0 Å². The summed E-state index contributed by atoms with van der Waals surface area (Å²) >= 11 is 2.06. The molecule has 14 heavy (non-hydrogen) atoms. The van der Waals surface area contributed by atoms with Crippen LogP contribution in [0.15, 0.2) is 12.4 Å². The van der Waals surface area contributed by atoms with Gasteiger partial charge in [-0.15, -0.1) is 0 Å². The van der Waals surface area contributed by atoms with Crippen LogP contribution < -0.4 is 0 Å². The molecule has 0 aliphatic rings. The molecule has 0 unspecified atom stereocenters. The Labute approximate surface area is 90.9 Å². The number of aromatic amines is 1. The quantitative estimate of drug-likeness (QED) is 0.670. The van der Waals surface area contributed by atoms with E-state index in [2.05, 4.69) is 28.9 Å². The van der Waals surface area contributed by atoms with Gasteiger partial charge < -0.3 is 0 Å². The molecule has 0 saturated heterocycles. The molecule has 0 aliphatic heterocycles. The molecular formula is C11H20N2S. The number of thioether (sulfide) groups is 1. The van der Waals surface area contributed by atoms with Crippen LogP contribution in [0.2, 0.25) is 0 Å². The number of rotatable bonds is 8. The first-order chi connectivity index (χ1) is 6.93. The first-order valence-corrected chi connectivity index (χ1v) is 6.64. The fraction of sp³-hybridized carbons (Fsp3) is 0.727. The number of hydrogen-bond donors (Lipinski definition) is 1. The summed E-state index contributed by atoms with van der Waals surface area (Å²) in [6.45, 7) is 2.26. The van der Waals surface area contributed by atoms with E-state index in [1.807, 2.05) is 12.4 Å². The van der Waals surface area contributed by atoms with Gasteiger partial charge in [-0.2, -0.15) is 16.9 Å². The SMILES string of the molecule is CCCCCCSCCc1cn[nH]c1. The summed E-state index contributed by atoms with van der Waals surface area (Å²) in [5.41, 5.74) is 1.33. The summed E-state index contributed by atoms with van der Waals surface area (Å²) < 4.78 is 0. The Hall–Kier alpha value is -0.440. The van der Waals surface area contributed by atoms with E-state index in [0.717, 1.165) is 6.42 Å². The van der Waals surface area contributed by atoms with E-state index < -0.39 is 0 Å². The molecule has 1 N–H and O–H groups in total. The van der Waals surface area contributed by atoms with Crippen molar-refractivity contribution < 1.29 is 0 Å². The van der Waals surface area contributed by atoms with Gasteiger partial charge >= 0.3 is 0 Å². The highest BCUT2D eigenvalue weighted by atomic mass is 32.2. The fourth-order valence-corrected chi connectivity index (χ4v) is 2.33. The molecule has 0 fully saturated rings. The van der Waals surface area contributed by atoms with Gasteiger partial charge in [0.25, 0.3) is 0 Å². The van der Waals surface area contributed by atoms with Gasteiger partial charge in [-0.1, -0.05) is 26.2 Å². The summed E-state index contributed by atoms with van der Waals surface area (Å²) in [6, 6.07) is 0. The highest BCUT2D eigenvalue weighted by Crippen LogP contribution is 2.09. The van der Waals surface area contributed by atoms with Crippen LogP contribution in [-0.2, 0) is 6.42 Å². The van der Waals surface area contributed by atoms with Crippen LogP contribution in [0.3, 0.4) is 0 Å². The number of unbranched alkanes of at least 4 members (excludes halogenated alkanes) is 3. The minimum Gasteiger partial charge on any atom is -0.285 e. The molecule has 0 spiro atoms. The predicted molar refractivity (Wildman–Crippen MR) is 63.8 cm³/mol. The molecule has 80 valence electrons. The minimum atomic E-state index is 1.15. The first kappa shape index (κ1) is 11.6. The van der Waals surface area contributed by atoms with E-state index in [9.17, 15) is 0 Å². The molecular weight excluding hydrogens is 192 g/mol. The second-order valence-corrected chi connectivity index (χ2v) is 4.75. The van der Waals surface area contributed by atoms with Gasteiger partial charge in [0.2, 0.25) is 0 Å². The summed E-state index contributed by atoms with van der Waals surface area (Å²) in [7, 11) is 0. The van der Waals surface area contributed by atoms with E-state index in [0.29, 0.717) is 0 Å². The first-order valence-electron chi connectivity index (χ1n) is 5.49. The third kappa shape index (κ3) is 5.32. The van der Waals surface area contributed by atoms with Crippen molar-refractivity contribution >= 4 is 11.8 Å². The third-order valence-corrected chi connectivity index (χ3v) is 3.30. The Kier molecular flexibility index (Phi) is 6.58. The van der Waals surface area contributed by atoms with Crippen LogP contribution >= 0.6 is 11.8 Å². The molecule has 1 aromatic heterocycles. The number of nitrogens with one attached hydrogen (secondary N) is 1. The van der Waals surface area contributed by atoms with Crippen molar-refractivity contribution in [2.24, 2.45) is 0 Å². The second-order valence-electron chi connectivity index (χ2n) is 3.53. The Bertz CT molecular complexity index is 209. The molecule has 0 radical (unpaired) electrons. The molecule has 0 atom stereocenters. The number of H-pyrrole nitrogens is 1. The molecule has 0 aliphatic carbocycles. The van der Waals surface area contributed by atoms with Crippen LogP contribution in [0.1, 0.15) is 38.2 Å². The zero-order valence-electron chi connectivity index (χ0n) is 8.96. The highest BCUT2D eigenvalue weighted by molar-refractivity contribution is 7.99. The summed E-state index contributed by atoms with van der Waals surface area (Å²) in [5.74, 6) is 2.55. The van der Waals surface area contributed by atoms with E-state index in [4.69, 9.17) is 0 Å². The summed E-state index contributed by atoms with van der Waals surface area (Å²) in [4.78, 5) is 0. The maximum Gasteiger partial charge on any atom is 0.0519 e. The number of aromatic nitrogens is 2. The maximum absolute atomic E-state index is 3.93. The van der Waals surface area contributed by atoms with Gasteiger partial charge in [-0.05, 0) is 29.9 Å². The number of aryl methyl sites for hydroxylation is 1. The predicted octanol–water partition coefficient (Wildman–Crippen LogP) is 3.27. The van der Waals surface area contributed by atoms with Crippen molar-refractivity contribution in [1.82, 2.24) is 10.2 Å². The van der Waals surface area contributed by atoms with Crippen molar-refractivity contribution in [3.05, 3.63) is 18.0 Å². The topological polar surface area (TPSA) is 28.7 Å². The van der Waals surface area contributed by atoms with Crippen molar-refractivity contribution in [1.29, 1.82) is 0 Å². The summed E-state index contributed by atoms with van der Waals surface area (Å²) in [6.07, 6.45) is 10.5. The molecule has 1 rings (SSSR count). The molecule has 1 aromatic rings. The van der Waals surface area contributed by atoms with Gasteiger partial charge in [0.05, 0.1) is 6.20 Å². The Morgan fingerprint density at radius 3 is 2.93 bits per heavy atom. The normalized spacial score (nSPS) is 10.6. The van der Waals surface area contributed by atoms with E-state index in [-0.39, 0.29) is 0 Å². The third-order valence-electron chi connectivity index (χ3n) is 2.23. The number of nitrogens with zero attached hydrogens (tertiary/aromatic N) is 1. The molecule has 0 aromatic carbocycles. The van der Waals surface area contributed by atoms with Crippen LogP contribution in [0.5, 0.6) is 0 Å².